The summed E-state index contributed by atoms with van der Waals surface area (Å²) in [6, 6.07) is 75.7. The van der Waals surface area contributed by atoms with Crippen LogP contribution in [-0.2, 0) is 5.41 Å². The summed E-state index contributed by atoms with van der Waals surface area (Å²) in [5.74, 6) is 0. The quantitative estimate of drug-likeness (QED) is 0.171. The standard InChI is InChI=1S/C54H34N2O/c55-35-36-22-24-37(25-23-36)38-26-29-42(30-27-38)56(51-21-11-19-46-47-32-28-39-12-7-8-17-44(39)52(47)57-53(46)51)43-31-33-50-48(34-43)45-18-9-10-20-49(45)54(50,40-13-3-1-4-14-40)41-15-5-2-6-16-41/h1-34H. The second-order valence-corrected chi connectivity index (χ2v) is 14.7. The van der Waals surface area contributed by atoms with Crippen LogP contribution in [0.5, 0.6) is 0 Å². The van der Waals surface area contributed by atoms with E-state index in [0.29, 0.717) is 5.56 Å². The number of benzene rings is 9. The molecule has 0 N–H and O–H groups in total. The van der Waals surface area contributed by atoms with Gasteiger partial charge >= 0.3 is 0 Å². The van der Waals surface area contributed by atoms with Gasteiger partial charge < -0.3 is 9.32 Å². The van der Waals surface area contributed by atoms with Crippen molar-refractivity contribution in [1.82, 2.24) is 0 Å². The van der Waals surface area contributed by atoms with Crippen molar-refractivity contribution in [1.29, 1.82) is 5.26 Å². The number of anilines is 3. The lowest BCUT2D eigenvalue weighted by Gasteiger charge is -2.34. The molecule has 1 aromatic heterocycles. The zero-order valence-corrected chi connectivity index (χ0v) is 30.9. The Bertz CT molecular complexity index is 3130. The summed E-state index contributed by atoms with van der Waals surface area (Å²) in [5, 5.41) is 13.8. The fourth-order valence-electron chi connectivity index (χ4n) is 9.23. The van der Waals surface area contributed by atoms with Gasteiger partial charge in [-0.05, 0) is 98.4 Å². The van der Waals surface area contributed by atoms with Gasteiger partial charge in [-0.1, -0.05) is 158 Å². The molecule has 0 unspecified atom stereocenters. The second kappa shape index (κ2) is 13.0. The molecule has 3 heteroatoms. The van der Waals surface area contributed by atoms with Crippen LogP contribution in [0.4, 0.5) is 17.1 Å². The molecule has 0 saturated heterocycles. The Kier molecular flexibility index (Phi) is 7.45. The molecule has 1 heterocycles. The lowest BCUT2D eigenvalue weighted by atomic mass is 9.68. The fourth-order valence-corrected chi connectivity index (χ4v) is 9.23. The third-order valence-electron chi connectivity index (χ3n) is 11.8. The number of fused-ring (bicyclic) bond motifs is 8. The predicted octanol–water partition coefficient (Wildman–Crippen LogP) is 14.1. The number of rotatable bonds is 6. The Morgan fingerprint density at radius 1 is 0.439 bits per heavy atom. The van der Waals surface area contributed by atoms with Crippen LogP contribution >= 0.6 is 0 Å². The van der Waals surface area contributed by atoms with Crippen molar-refractivity contribution in [2.45, 2.75) is 5.41 Å². The minimum Gasteiger partial charge on any atom is -0.453 e. The normalized spacial score (nSPS) is 12.7. The average molecular weight is 727 g/mol. The molecule has 0 atom stereocenters. The monoisotopic (exact) mass is 726 g/mol. The average Bonchev–Trinajstić information content (AvgIpc) is 3.82. The van der Waals surface area contributed by atoms with Crippen LogP contribution in [0.25, 0.3) is 55.0 Å². The van der Waals surface area contributed by atoms with Crippen LogP contribution in [0, 0.1) is 11.3 Å². The van der Waals surface area contributed by atoms with Gasteiger partial charge in [-0.2, -0.15) is 5.26 Å². The van der Waals surface area contributed by atoms with E-state index in [4.69, 9.17) is 4.42 Å². The van der Waals surface area contributed by atoms with Gasteiger partial charge in [0.25, 0.3) is 0 Å². The van der Waals surface area contributed by atoms with Crippen molar-refractivity contribution >= 4 is 49.8 Å². The molecule has 0 bridgehead atoms. The maximum Gasteiger partial charge on any atom is 0.159 e. The Balaban J connectivity index is 1.16. The zero-order valence-electron chi connectivity index (χ0n) is 30.9. The van der Waals surface area contributed by atoms with Crippen molar-refractivity contribution in [2.24, 2.45) is 0 Å². The molecule has 57 heavy (non-hydrogen) atoms. The summed E-state index contributed by atoms with van der Waals surface area (Å²) < 4.78 is 6.97. The number of hydrogen-bond donors (Lipinski definition) is 0. The lowest BCUT2D eigenvalue weighted by molar-refractivity contribution is 0.673. The van der Waals surface area contributed by atoms with Gasteiger partial charge in [-0.3, -0.25) is 0 Å². The number of para-hydroxylation sites is 1. The predicted molar refractivity (Wildman–Crippen MR) is 233 cm³/mol. The molecule has 1 aliphatic rings. The first-order valence-electron chi connectivity index (χ1n) is 19.3. The Morgan fingerprint density at radius 3 is 1.77 bits per heavy atom. The molecule has 0 aliphatic heterocycles. The summed E-state index contributed by atoms with van der Waals surface area (Å²) in [7, 11) is 0. The summed E-state index contributed by atoms with van der Waals surface area (Å²) in [6.07, 6.45) is 0. The van der Waals surface area contributed by atoms with Crippen molar-refractivity contribution in [3.05, 3.63) is 234 Å². The SMILES string of the molecule is N#Cc1ccc(-c2ccc(N(c3ccc4c(c3)-c3ccccc3C4(c3ccccc3)c3ccccc3)c3cccc4c3oc3c5ccccc5ccc43)cc2)cc1. The maximum absolute atomic E-state index is 9.38. The Morgan fingerprint density at radius 2 is 1.04 bits per heavy atom. The van der Waals surface area contributed by atoms with Crippen molar-refractivity contribution in [2.75, 3.05) is 4.90 Å². The van der Waals surface area contributed by atoms with E-state index in [0.717, 1.165) is 60.9 Å². The van der Waals surface area contributed by atoms with Gasteiger partial charge in [0.1, 0.15) is 5.58 Å². The molecular weight excluding hydrogens is 693 g/mol. The van der Waals surface area contributed by atoms with E-state index >= 15 is 0 Å². The van der Waals surface area contributed by atoms with E-state index in [-0.39, 0.29) is 0 Å². The molecule has 3 nitrogen and oxygen atoms in total. The first kappa shape index (κ1) is 32.7. The number of nitrogens with zero attached hydrogens (tertiary/aromatic N) is 2. The third-order valence-corrected chi connectivity index (χ3v) is 11.8. The van der Waals surface area contributed by atoms with E-state index in [1.54, 1.807) is 0 Å². The van der Waals surface area contributed by atoms with Crippen LogP contribution in [0.1, 0.15) is 27.8 Å². The summed E-state index contributed by atoms with van der Waals surface area (Å²) in [6.45, 7) is 0. The molecule has 1 aliphatic carbocycles. The summed E-state index contributed by atoms with van der Waals surface area (Å²) >= 11 is 0. The van der Waals surface area contributed by atoms with Gasteiger partial charge in [0, 0.05) is 27.5 Å². The lowest BCUT2D eigenvalue weighted by Crippen LogP contribution is -2.28. The highest BCUT2D eigenvalue weighted by molar-refractivity contribution is 6.17. The molecule has 11 rings (SSSR count). The molecule has 0 saturated carbocycles. The highest BCUT2D eigenvalue weighted by Gasteiger charge is 2.46. The van der Waals surface area contributed by atoms with Crippen molar-refractivity contribution in [3.8, 4) is 28.3 Å². The number of nitriles is 1. The van der Waals surface area contributed by atoms with E-state index in [9.17, 15) is 5.26 Å². The van der Waals surface area contributed by atoms with Crippen LogP contribution in [-0.4, -0.2) is 0 Å². The van der Waals surface area contributed by atoms with Gasteiger partial charge in [0.15, 0.2) is 5.58 Å². The Hall–Kier alpha value is -7.67. The fraction of sp³-hybridized carbons (Fsp3) is 0.0185. The zero-order chi connectivity index (χ0) is 37.9. The van der Waals surface area contributed by atoms with Gasteiger partial charge in [-0.15, -0.1) is 0 Å². The first-order valence-corrected chi connectivity index (χ1v) is 19.3. The minimum atomic E-state index is -0.486. The summed E-state index contributed by atoms with van der Waals surface area (Å²) in [4.78, 5) is 2.34. The molecule has 10 aromatic rings. The third kappa shape index (κ3) is 4.98. The van der Waals surface area contributed by atoms with Crippen LogP contribution in [0.3, 0.4) is 0 Å². The smallest absolute Gasteiger partial charge is 0.159 e. The highest BCUT2D eigenvalue weighted by Crippen LogP contribution is 2.57. The van der Waals surface area contributed by atoms with Crippen molar-refractivity contribution < 1.29 is 4.42 Å². The molecule has 0 fully saturated rings. The maximum atomic E-state index is 9.38. The van der Waals surface area contributed by atoms with Crippen LogP contribution in [0.15, 0.2) is 211 Å². The first-order chi connectivity index (χ1) is 28.2. The van der Waals surface area contributed by atoms with Crippen molar-refractivity contribution in [3.63, 3.8) is 0 Å². The second-order valence-electron chi connectivity index (χ2n) is 14.7. The van der Waals surface area contributed by atoms with Gasteiger partial charge in [0.2, 0.25) is 0 Å². The molecule has 0 spiro atoms. The van der Waals surface area contributed by atoms with Gasteiger partial charge in [-0.25, -0.2) is 0 Å². The summed E-state index contributed by atoms with van der Waals surface area (Å²) in [5.41, 5.74) is 14.5. The number of hydrogen-bond acceptors (Lipinski definition) is 3. The highest BCUT2D eigenvalue weighted by atomic mass is 16.3. The van der Waals surface area contributed by atoms with Crippen LogP contribution < -0.4 is 4.90 Å². The van der Waals surface area contributed by atoms with E-state index in [2.05, 4.69) is 193 Å². The minimum absolute atomic E-state index is 0.486. The molecule has 266 valence electrons. The molecular formula is C54H34N2O. The number of furan rings is 1. The van der Waals surface area contributed by atoms with E-state index in [1.165, 1.54) is 33.4 Å². The molecule has 0 radical (unpaired) electrons. The molecule has 0 amide bonds. The largest absolute Gasteiger partial charge is 0.453 e. The van der Waals surface area contributed by atoms with E-state index < -0.39 is 5.41 Å². The Labute approximate surface area is 330 Å². The topological polar surface area (TPSA) is 40.2 Å². The molecule has 9 aromatic carbocycles. The van der Waals surface area contributed by atoms with Crippen LogP contribution in [0.2, 0.25) is 0 Å². The van der Waals surface area contributed by atoms with E-state index in [1.807, 2.05) is 24.3 Å². The van der Waals surface area contributed by atoms with Gasteiger partial charge in [0.05, 0.1) is 22.7 Å².